The lowest BCUT2D eigenvalue weighted by Crippen LogP contribution is -2.65. The number of benzene rings is 1. The summed E-state index contributed by atoms with van der Waals surface area (Å²) in [5, 5.41) is 48.1. The van der Waals surface area contributed by atoms with Gasteiger partial charge in [-0.3, -0.25) is 0 Å². The molecule has 0 bridgehead atoms. The molecule has 1 aromatic rings. The zero-order chi connectivity index (χ0) is 17.7. The number of hydrogen-bond acceptors (Lipinski definition) is 6. The van der Waals surface area contributed by atoms with Gasteiger partial charge in [0.2, 0.25) is 5.82 Å². The van der Waals surface area contributed by atoms with Crippen LogP contribution < -0.4 is 0 Å². The fourth-order valence-electron chi connectivity index (χ4n) is 2.34. The highest BCUT2D eigenvalue weighted by Gasteiger charge is 2.58. The van der Waals surface area contributed by atoms with Crippen LogP contribution in [0.1, 0.15) is 5.56 Å². The maximum absolute atomic E-state index is 13.8. The zero-order valence-corrected chi connectivity index (χ0v) is 11.1. The van der Waals surface area contributed by atoms with E-state index in [4.69, 9.17) is 5.11 Å². The zero-order valence-electron chi connectivity index (χ0n) is 11.1. The number of halogens is 5. The fourth-order valence-corrected chi connectivity index (χ4v) is 2.34. The highest BCUT2D eigenvalue weighted by atomic mass is 19.2. The second kappa shape index (κ2) is 5.92. The number of rotatable bonds is 2. The van der Waals surface area contributed by atoms with Crippen molar-refractivity contribution in [2.75, 3.05) is 6.61 Å². The number of hydrogen-bond donors (Lipinski definition) is 5. The van der Waals surface area contributed by atoms with E-state index in [1.807, 2.05) is 0 Å². The van der Waals surface area contributed by atoms with Crippen molar-refractivity contribution < 1.29 is 52.2 Å². The lowest BCUT2D eigenvalue weighted by Gasteiger charge is -2.46. The molecule has 0 aliphatic carbocycles. The first-order valence-electron chi connectivity index (χ1n) is 6.13. The van der Waals surface area contributed by atoms with Gasteiger partial charge >= 0.3 is 0 Å². The van der Waals surface area contributed by atoms with Crippen molar-refractivity contribution in [1.29, 1.82) is 0 Å². The summed E-state index contributed by atoms with van der Waals surface area (Å²) in [5.74, 6) is -12.4. The molecule has 1 aromatic carbocycles. The Labute approximate surface area is 125 Å². The van der Waals surface area contributed by atoms with Gasteiger partial charge in [0, 0.05) is 0 Å². The van der Waals surface area contributed by atoms with Gasteiger partial charge in [-0.25, -0.2) is 22.0 Å². The summed E-state index contributed by atoms with van der Waals surface area (Å²) >= 11 is 0. The minimum Gasteiger partial charge on any atom is -0.394 e. The van der Waals surface area contributed by atoms with Gasteiger partial charge in [0.1, 0.15) is 18.3 Å². The molecule has 5 N–H and O–H groups in total. The first kappa shape index (κ1) is 18.0. The van der Waals surface area contributed by atoms with Crippen LogP contribution in [0.5, 0.6) is 0 Å². The second-order valence-electron chi connectivity index (χ2n) is 4.92. The minimum absolute atomic E-state index is 0.970. The Morgan fingerprint density at radius 2 is 1.30 bits per heavy atom. The van der Waals surface area contributed by atoms with Crippen LogP contribution in [-0.4, -0.2) is 56.7 Å². The Morgan fingerprint density at radius 3 is 1.74 bits per heavy atom. The molecule has 1 aliphatic heterocycles. The normalized spacial score (nSPS) is 34.7. The first-order valence-corrected chi connectivity index (χ1v) is 6.13. The molecule has 2 rings (SSSR count). The van der Waals surface area contributed by atoms with Gasteiger partial charge in [-0.2, -0.15) is 0 Å². The number of aliphatic hydroxyl groups excluding tert-OH is 4. The third kappa shape index (κ3) is 2.40. The summed E-state index contributed by atoms with van der Waals surface area (Å²) in [6.45, 7) is -0.970. The molecule has 1 heterocycles. The van der Waals surface area contributed by atoms with Crippen LogP contribution in [0.25, 0.3) is 0 Å². The molecule has 130 valence electrons. The lowest BCUT2D eigenvalue weighted by molar-refractivity contribution is -0.336. The standard InChI is InChI=1S/C12H11F5O6/c13-4-3(5(14)7(16)8(17)6(4)15)12(22)10(20)9(19)2(1-18)23-11(12)21/h2,9-11,18-22H,1H2/t2-,9-,10+,11-,12-/m1/s1. The molecule has 5 atom stereocenters. The van der Waals surface area contributed by atoms with Gasteiger partial charge in [-0.05, 0) is 0 Å². The molecule has 0 saturated carbocycles. The maximum atomic E-state index is 13.8. The van der Waals surface area contributed by atoms with Crippen molar-refractivity contribution in [3.63, 3.8) is 0 Å². The summed E-state index contributed by atoms with van der Waals surface area (Å²) in [4.78, 5) is 0. The number of aliphatic hydroxyl groups is 5. The van der Waals surface area contributed by atoms with Crippen LogP contribution in [0.2, 0.25) is 0 Å². The molecule has 23 heavy (non-hydrogen) atoms. The summed E-state index contributed by atoms with van der Waals surface area (Å²) in [7, 11) is 0. The molecule has 1 aliphatic rings. The molecule has 0 spiro atoms. The molecule has 0 radical (unpaired) electrons. The molecular weight excluding hydrogens is 335 g/mol. The average molecular weight is 346 g/mol. The van der Waals surface area contributed by atoms with E-state index in [0.29, 0.717) is 0 Å². The summed E-state index contributed by atoms with van der Waals surface area (Å²) in [5.41, 5.74) is -5.54. The smallest absolute Gasteiger partial charge is 0.200 e. The highest BCUT2D eigenvalue weighted by Crippen LogP contribution is 2.41. The van der Waals surface area contributed by atoms with Gasteiger partial charge in [0.15, 0.2) is 35.2 Å². The van der Waals surface area contributed by atoms with Crippen LogP contribution in [0, 0.1) is 29.1 Å². The van der Waals surface area contributed by atoms with Crippen molar-refractivity contribution in [2.45, 2.75) is 30.2 Å². The molecular formula is C12H11F5O6. The SMILES string of the molecule is OC[C@H]1O[C@@H](O)[C@@](O)(c2c(F)c(F)c(F)c(F)c2F)[C@@H](O)[C@@H]1O. The van der Waals surface area contributed by atoms with Crippen molar-refractivity contribution in [3.8, 4) is 0 Å². The Balaban J connectivity index is 2.69. The third-order valence-electron chi connectivity index (χ3n) is 3.63. The average Bonchev–Trinajstić information content (AvgIpc) is 2.53. The van der Waals surface area contributed by atoms with Crippen LogP contribution in [0.4, 0.5) is 22.0 Å². The van der Waals surface area contributed by atoms with Gasteiger partial charge in [0.05, 0.1) is 12.2 Å². The topological polar surface area (TPSA) is 110 Å². The lowest BCUT2D eigenvalue weighted by atomic mass is 9.80. The molecule has 6 nitrogen and oxygen atoms in total. The Bertz CT molecular complexity index is 599. The van der Waals surface area contributed by atoms with Gasteiger partial charge in [-0.15, -0.1) is 0 Å². The van der Waals surface area contributed by atoms with E-state index in [1.165, 1.54) is 0 Å². The van der Waals surface area contributed by atoms with Crippen LogP contribution in [-0.2, 0) is 10.3 Å². The number of ether oxygens (including phenoxy) is 1. The van der Waals surface area contributed by atoms with Gasteiger partial charge in [-0.1, -0.05) is 0 Å². The second-order valence-corrected chi connectivity index (χ2v) is 4.92. The van der Waals surface area contributed by atoms with E-state index < -0.39 is 71.5 Å². The predicted octanol–water partition coefficient (Wildman–Crippen LogP) is -0.999. The molecule has 0 unspecified atom stereocenters. The molecule has 1 fully saturated rings. The summed E-state index contributed by atoms with van der Waals surface area (Å²) in [6, 6.07) is 0. The quantitative estimate of drug-likeness (QED) is 0.267. The summed E-state index contributed by atoms with van der Waals surface area (Å²) in [6.07, 6.45) is -9.19. The van der Waals surface area contributed by atoms with E-state index >= 15 is 0 Å². The maximum Gasteiger partial charge on any atom is 0.200 e. The van der Waals surface area contributed by atoms with E-state index in [9.17, 15) is 42.4 Å². The third-order valence-corrected chi connectivity index (χ3v) is 3.63. The summed E-state index contributed by atoms with van der Waals surface area (Å²) < 4.78 is 71.6. The van der Waals surface area contributed by atoms with Gasteiger partial charge < -0.3 is 30.3 Å². The molecule has 0 amide bonds. The largest absolute Gasteiger partial charge is 0.394 e. The van der Waals surface area contributed by atoms with E-state index in [-0.39, 0.29) is 0 Å². The van der Waals surface area contributed by atoms with Crippen LogP contribution in [0.3, 0.4) is 0 Å². The minimum atomic E-state index is -3.57. The van der Waals surface area contributed by atoms with Crippen LogP contribution >= 0.6 is 0 Å². The molecule has 0 aromatic heterocycles. The van der Waals surface area contributed by atoms with E-state index in [0.717, 1.165) is 0 Å². The molecule has 11 heteroatoms. The van der Waals surface area contributed by atoms with Crippen molar-refractivity contribution in [2.24, 2.45) is 0 Å². The molecule has 1 saturated heterocycles. The first-order chi connectivity index (χ1) is 10.6. The van der Waals surface area contributed by atoms with Crippen molar-refractivity contribution in [3.05, 3.63) is 34.6 Å². The Kier molecular flexibility index (Phi) is 4.63. The van der Waals surface area contributed by atoms with Crippen molar-refractivity contribution >= 4 is 0 Å². The monoisotopic (exact) mass is 346 g/mol. The van der Waals surface area contributed by atoms with Crippen LogP contribution in [0.15, 0.2) is 0 Å². The highest BCUT2D eigenvalue weighted by molar-refractivity contribution is 5.32. The van der Waals surface area contributed by atoms with Gasteiger partial charge in [0.25, 0.3) is 0 Å². The van der Waals surface area contributed by atoms with Crippen molar-refractivity contribution in [1.82, 2.24) is 0 Å². The fraction of sp³-hybridized carbons (Fsp3) is 0.500. The Morgan fingerprint density at radius 1 is 0.870 bits per heavy atom. The predicted molar refractivity (Wildman–Crippen MR) is 60.1 cm³/mol. The van der Waals surface area contributed by atoms with E-state index in [2.05, 4.69) is 4.74 Å². The van der Waals surface area contributed by atoms with E-state index in [1.54, 1.807) is 0 Å². The Hall–Kier alpha value is -1.37.